The van der Waals surface area contributed by atoms with Gasteiger partial charge in [-0.05, 0) is 53.9 Å². The smallest absolute Gasteiger partial charge is 0.261 e. The van der Waals surface area contributed by atoms with Gasteiger partial charge in [-0.15, -0.1) is 0 Å². The first-order valence-electron chi connectivity index (χ1n) is 11.2. The highest BCUT2D eigenvalue weighted by Gasteiger charge is 2.50. The second kappa shape index (κ2) is 10.0. The molecule has 0 spiro atoms. The summed E-state index contributed by atoms with van der Waals surface area (Å²) in [5.74, 6) is 0.649. The van der Waals surface area contributed by atoms with E-state index >= 15 is 0 Å². The predicted molar refractivity (Wildman–Crippen MR) is 126 cm³/mol. The van der Waals surface area contributed by atoms with Crippen LogP contribution in [0, 0.1) is 5.92 Å². The summed E-state index contributed by atoms with van der Waals surface area (Å²) in [4.78, 5) is 11.2. The predicted octanol–water partition coefficient (Wildman–Crippen LogP) is 4.73. The molecule has 0 heterocycles. The van der Waals surface area contributed by atoms with Crippen molar-refractivity contribution < 1.29 is 14.0 Å². The lowest BCUT2D eigenvalue weighted by Gasteiger charge is -2.44. The molecule has 3 nitrogen and oxygen atoms in total. The standard InChI is InChI=1S/C26H36O3Si/c1-21(27)19-28-23-17-15-22(16-18-23)20-29-30(26(2,3)4,24-11-7-5-8-12-24)25-13-9-6-10-14-25/h5-14,22-23H,15-20H2,1-4H3. The van der Waals surface area contributed by atoms with Crippen LogP contribution in [0.2, 0.25) is 5.04 Å². The van der Waals surface area contributed by atoms with Crippen LogP contribution in [0.4, 0.5) is 0 Å². The summed E-state index contributed by atoms with van der Waals surface area (Å²) in [7, 11) is -2.46. The maximum atomic E-state index is 11.2. The first kappa shape index (κ1) is 22.9. The summed E-state index contributed by atoms with van der Waals surface area (Å²) in [6.45, 7) is 9.59. The maximum Gasteiger partial charge on any atom is 0.261 e. The fraction of sp³-hybridized carbons (Fsp3) is 0.500. The molecule has 1 saturated carbocycles. The molecule has 2 aromatic carbocycles. The van der Waals surface area contributed by atoms with Crippen molar-refractivity contribution in [2.45, 2.75) is 64.5 Å². The van der Waals surface area contributed by atoms with Gasteiger partial charge in [0, 0.05) is 6.61 Å². The molecule has 0 aromatic heterocycles. The minimum atomic E-state index is -2.46. The lowest BCUT2D eigenvalue weighted by molar-refractivity contribution is -0.124. The van der Waals surface area contributed by atoms with E-state index in [9.17, 15) is 4.79 Å². The molecule has 1 aliphatic rings. The van der Waals surface area contributed by atoms with Gasteiger partial charge in [-0.2, -0.15) is 0 Å². The van der Waals surface area contributed by atoms with Crippen LogP contribution < -0.4 is 10.4 Å². The highest BCUT2D eigenvalue weighted by molar-refractivity contribution is 6.99. The Labute approximate surface area is 182 Å². The van der Waals surface area contributed by atoms with Gasteiger partial charge in [0.15, 0.2) is 5.78 Å². The molecule has 3 rings (SSSR count). The summed E-state index contributed by atoms with van der Waals surface area (Å²) in [6, 6.07) is 21.7. The average molecular weight is 425 g/mol. The van der Waals surface area contributed by atoms with Crippen molar-refractivity contribution >= 4 is 24.5 Å². The topological polar surface area (TPSA) is 35.5 Å². The summed E-state index contributed by atoms with van der Waals surface area (Å²) < 4.78 is 12.8. The van der Waals surface area contributed by atoms with Crippen molar-refractivity contribution in [1.29, 1.82) is 0 Å². The van der Waals surface area contributed by atoms with Gasteiger partial charge in [-0.25, -0.2) is 0 Å². The van der Waals surface area contributed by atoms with Gasteiger partial charge in [0.1, 0.15) is 6.61 Å². The molecule has 2 aromatic rings. The van der Waals surface area contributed by atoms with Crippen molar-refractivity contribution in [3.05, 3.63) is 60.7 Å². The summed E-state index contributed by atoms with van der Waals surface area (Å²) in [6.07, 6.45) is 4.45. The van der Waals surface area contributed by atoms with E-state index in [1.165, 1.54) is 10.4 Å². The maximum absolute atomic E-state index is 11.2. The number of hydrogen-bond acceptors (Lipinski definition) is 3. The fourth-order valence-electron chi connectivity index (χ4n) is 4.70. The van der Waals surface area contributed by atoms with Crippen LogP contribution in [0.15, 0.2) is 60.7 Å². The van der Waals surface area contributed by atoms with E-state index in [1.54, 1.807) is 6.92 Å². The van der Waals surface area contributed by atoms with Crippen molar-refractivity contribution in [3.8, 4) is 0 Å². The molecule has 1 aliphatic carbocycles. The van der Waals surface area contributed by atoms with Gasteiger partial charge in [0.2, 0.25) is 0 Å². The Balaban J connectivity index is 1.79. The summed E-state index contributed by atoms with van der Waals surface area (Å²) >= 11 is 0. The first-order chi connectivity index (χ1) is 14.3. The second-order valence-electron chi connectivity index (χ2n) is 9.63. The number of ether oxygens (including phenoxy) is 1. The Bertz CT molecular complexity index is 751. The normalized spacial score (nSPS) is 20.1. The van der Waals surface area contributed by atoms with Crippen LogP contribution in [0.3, 0.4) is 0 Å². The molecular formula is C26H36O3Si. The van der Waals surface area contributed by atoms with E-state index in [4.69, 9.17) is 9.16 Å². The van der Waals surface area contributed by atoms with Crippen LogP contribution in [-0.4, -0.2) is 33.4 Å². The van der Waals surface area contributed by atoms with Gasteiger partial charge >= 0.3 is 0 Å². The molecule has 0 unspecified atom stereocenters. The zero-order valence-corrected chi connectivity index (χ0v) is 19.9. The number of hydrogen-bond donors (Lipinski definition) is 0. The quantitative estimate of drug-likeness (QED) is 0.575. The minimum absolute atomic E-state index is 0.0114. The Morgan fingerprint density at radius 3 is 1.83 bits per heavy atom. The van der Waals surface area contributed by atoms with E-state index in [0.29, 0.717) is 5.92 Å². The van der Waals surface area contributed by atoms with Crippen molar-refractivity contribution in [2.24, 2.45) is 5.92 Å². The van der Waals surface area contributed by atoms with Crippen LogP contribution >= 0.6 is 0 Å². The van der Waals surface area contributed by atoms with Gasteiger partial charge in [0.25, 0.3) is 8.32 Å². The van der Waals surface area contributed by atoms with Crippen molar-refractivity contribution in [3.63, 3.8) is 0 Å². The Hall–Kier alpha value is -1.75. The Kier molecular flexibility index (Phi) is 7.67. The van der Waals surface area contributed by atoms with Gasteiger partial charge in [0.05, 0.1) is 6.10 Å². The monoisotopic (exact) mass is 424 g/mol. The average Bonchev–Trinajstić information content (AvgIpc) is 2.74. The molecule has 0 aliphatic heterocycles. The van der Waals surface area contributed by atoms with E-state index in [2.05, 4.69) is 81.4 Å². The molecule has 0 amide bonds. The molecule has 0 bridgehead atoms. The highest BCUT2D eigenvalue weighted by atomic mass is 28.4. The van der Waals surface area contributed by atoms with Gasteiger partial charge in [-0.3, -0.25) is 4.79 Å². The van der Waals surface area contributed by atoms with Crippen LogP contribution in [0.25, 0.3) is 0 Å². The van der Waals surface area contributed by atoms with Crippen LogP contribution in [0.1, 0.15) is 53.4 Å². The van der Waals surface area contributed by atoms with E-state index in [-0.39, 0.29) is 23.5 Å². The Morgan fingerprint density at radius 1 is 0.900 bits per heavy atom. The van der Waals surface area contributed by atoms with Crippen molar-refractivity contribution in [2.75, 3.05) is 13.2 Å². The third kappa shape index (κ3) is 5.29. The molecule has 0 atom stereocenters. The fourth-order valence-corrected chi connectivity index (χ4v) is 9.35. The SMILES string of the molecule is CC(=O)COC1CCC(CO[Si](c2ccccc2)(c2ccccc2)C(C)(C)C)CC1. The van der Waals surface area contributed by atoms with E-state index in [0.717, 1.165) is 32.3 Å². The van der Waals surface area contributed by atoms with Gasteiger partial charge in [-0.1, -0.05) is 81.4 Å². The lowest BCUT2D eigenvalue weighted by Crippen LogP contribution is -2.67. The lowest BCUT2D eigenvalue weighted by atomic mass is 9.88. The third-order valence-electron chi connectivity index (χ3n) is 6.27. The van der Waals surface area contributed by atoms with Crippen LogP contribution in [-0.2, 0) is 14.0 Å². The zero-order chi connectivity index (χ0) is 21.6. The number of rotatable bonds is 8. The number of carbonyl (C=O) groups is 1. The largest absolute Gasteiger partial charge is 0.407 e. The number of benzene rings is 2. The molecule has 30 heavy (non-hydrogen) atoms. The van der Waals surface area contributed by atoms with Crippen LogP contribution in [0.5, 0.6) is 0 Å². The first-order valence-corrected chi connectivity index (χ1v) is 13.1. The molecular weight excluding hydrogens is 388 g/mol. The number of Topliss-reactive ketones (excluding diaryl/α,β-unsaturated/α-hetero) is 1. The second-order valence-corrected chi connectivity index (χ2v) is 13.9. The van der Waals surface area contributed by atoms with Gasteiger partial charge < -0.3 is 9.16 Å². The summed E-state index contributed by atoms with van der Waals surface area (Å²) in [5.41, 5.74) is 0. The molecule has 162 valence electrons. The van der Waals surface area contributed by atoms with E-state index in [1.807, 2.05) is 0 Å². The van der Waals surface area contributed by atoms with Crippen molar-refractivity contribution in [1.82, 2.24) is 0 Å². The Morgan fingerprint density at radius 2 is 1.40 bits per heavy atom. The minimum Gasteiger partial charge on any atom is -0.407 e. The van der Waals surface area contributed by atoms with E-state index < -0.39 is 8.32 Å². The number of carbonyl (C=O) groups excluding carboxylic acids is 1. The molecule has 4 heteroatoms. The number of ketones is 1. The molecule has 0 saturated heterocycles. The third-order valence-corrected chi connectivity index (χ3v) is 11.3. The summed E-state index contributed by atoms with van der Waals surface area (Å²) in [5, 5.41) is 2.68. The highest BCUT2D eigenvalue weighted by Crippen LogP contribution is 2.38. The molecule has 0 radical (unpaired) electrons. The molecule has 0 N–H and O–H groups in total. The molecule has 1 fully saturated rings. The zero-order valence-electron chi connectivity index (χ0n) is 18.9.